The fourth-order valence-electron chi connectivity index (χ4n) is 1.47. The second-order valence-corrected chi connectivity index (χ2v) is 3.31. The van der Waals surface area contributed by atoms with Crippen LogP contribution in [0, 0.1) is 15.9 Å². The van der Waals surface area contributed by atoms with Gasteiger partial charge in [0.2, 0.25) is 5.58 Å². The number of nitro benzene ring substituents is 1. The van der Waals surface area contributed by atoms with E-state index in [4.69, 9.17) is 9.52 Å². The summed E-state index contributed by atoms with van der Waals surface area (Å²) in [6.45, 7) is -0.581. The summed E-state index contributed by atoms with van der Waals surface area (Å²) in [5, 5.41) is 19.2. The van der Waals surface area contributed by atoms with E-state index in [9.17, 15) is 19.3 Å². The molecule has 1 heterocycles. The molecule has 2 rings (SSSR count). The van der Waals surface area contributed by atoms with Crippen molar-refractivity contribution in [3.8, 4) is 0 Å². The predicted molar refractivity (Wildman–Crippen MR) is 55.0 cm³/mol. The van der Waals surface area contributed by atoms with Crippen molar-refractivity contribution in [1.29, 1.82) is 0 Å². The van der Waals surface area contributed by atoms with Crippen LogP contribution in [-0.4, -0.2) is 10.0 Å². The summed E-state index contributed by atoms with van der Waals surface area (Å²) in [4.78, 5) is 21.5. The molecule has 0 radical (unpaired) electrons. The number of benzene rings is 1. The molecule has 0 unspecified atom stereocenters. The van der Waals surface area contributed by atoms with Gasteiger partial charge in [0, 0.05) is 0 Å². The Labute approximate surface area is 93.1 Å². The summed E-state index contributed by atoms with van der Waals surface area (Å²) in [5.74, 6) is -0.911. The highest BCUT2D eigenvalue weighted by Crippen LogP contribution is 2.25. The van der Waals surface area contributed by atoms with E-state index in [0.717, 1.165) is 12.3 Å². The molecule has 0 bridgehead atoms. The molecule has 17 heavy (non-hydrogen) atoms. The van der Waals surface area contributed by atoms with Gasteiger partial charge in [-0.25, -0.2) is 4.39 Å². The zero-order chi connectivity index (χ0) is 12.6. The Morgan fingerprint density at radius 1 is 1.47 bits per heavy atom. The quantitative estimate of drug-likeness (QED) is 0.630. The van der Waals surface area contributed by atoms with Crippen molar-refractivity contribution in [3.63, 3.8) is 0 Å². The maximum atomic E-state index is 13.1. The average Bonchev–Trinajstić information content (AvgIpc) is 2.29. The van der Waals surface area contributed by atoms with Crippen molar-refractivity contribution in [1.82, 2.24) is 0 Å². The van der Waals surface area contributed by atoms with Crippen LogP contribution in [0.25, 0.3) is 11.0 Å². The summed E-state index contributed by atoms with van der Waals surface area (Å²) < 4.78 is 18.0. The Balaban J connectivity index is 2.94. The third-order valence-corrected chi connectivity index (χ3v) is 2.26. The van der Waals surface area contributed by atoms with Gasteiger partial charge in [0.05, 0.1) is 28.5 Å². The molecule has 6 nitrogen and oxygen atoms in total. The van der Waals surface area contributed by atoms with Gasteiger partial charge < -0.3 is 9.52 Å². The van der Waals surface area contributed by atoms with E-state index in [2.05, 4.69) is 0 Å². The Kier molecular flexibility index (Phi) is 2.60. The van der Waals surface area contributed by atoms with E-state index in [1.807, 2.05) is 0 Å². The summed E-state index contributed by atoms with van der Waals surface area (Å²) in [6, 6.07) is 1.51. The van der Waals surface area contributed by atoms with Crippen molar-refractivity contribution in [2.24, 2.45) is 0 Å². The third-order valence-electron chi connectivity index (χ3n) is 2.26. The van der Waals surface area contributed by atoms with Gasteiger partial charge in [0.25, 0.3) is 0 Å². The number of rotatable bonds is 2. The summed E-state index contributed by atoms with van der Waals surface area (Å²) >= 11 is 0. The number of non-ortho nitro benzene ring substituents is 1. The van der Waals surface area contributed by atoms with Crippen LogP contribution in [0.4, 0.5) is 10.1 Å². The average molecular weight is 239 g/mol. The molecule has 0 atom stereocenters. The van der Waals surface area contributed by atoms with Gasteiger partial charge in [-0.3, -0.25) is 14.9 Å². The van der Waals surface area contributed by atoms with Crippen molar-refractivity contribution < 1.29 is 18.8 Å². The maximum Gasteiger partial charge on any atom is 0.315 e. The lowest BCUT2D eigenvalue weighted by atomic mass is 10.1. The second-order valence-electron chi connectivity index (χ2n) is 3.31. The van der Waals surface area contributed by atoms with Crippen molar-refractivity contribution in [2.75, 3.05) is 0 Å². The van der Waals surface area contributed by atoms with Gasteiger partial charge in [0.1, 0.15) is 12.1 Å². The smallest absolute Gasteiger partial charge is 0.315 e. The first-order valence-electron chi connectivity index (χ1n) is 4.53. The number of fused-ring (bicyclic) bond motifs is 1. The zero-order valence-corrected chi connectivity index (χ0v) is 8.34. The van der Waals surface area contributed by atoms with E-state index in [0.29, 0.717) is 6.07 Å². The lowest BCUT2D eigenvalue weighted by Crippen LogP contribution is -2.09. The lowest BCUT2D eigenvalue weighted by Gasteiger charge is -2.00. The van der Waals surface area contributed by atoms with Gasteiger partial charge in [-0.05, 0) is 6.07 Å². The van der Waals surface area contributed by atoms with Crippen LogP contribution in [0.5, 0.6) is 0 Å². The van der Waals surface area contributed by atoms with E-state index in [1.165, 1.54) is 0 Å². The van der Waals surface area contributed by atoms with Gasteiger partial charge in [-0.2, -0.15) is 0 Å². The van der Waals surface area contributed by atoms with E-state index in [-0.39, 0.29) is 16.5 Å². The Morgan fingerprint density at radius 3 is 2.76 bits per heavy atom. The number of aliphatic hydroxyl groups excluding tert-OH is 1. The van der Waals surface area contributed by atoms with Gasteiger partial charge in [0.15, 0.2) is 5.43 Å². The highest BCUT2D eigenvalue weighted by Gasteiger charge is 2.19. The lowest BCUT2D eigenvalue weighted by molar-refractivity contribution is -0.383. The summed E-state index contributed by atoms with van der Waals surface area (Å²) in [7, 11) is 0. The first-order chi connectivity index (χ1) is 8.04. The first kappa shape index (κ1) is 11.2. The van der Waals surface area contributed by atoms with Crippen molar-refractivity contribution >= 4 is 16.7 Å². The molecule has 2 aromatic rings. The zero-order valence-electron chi connectivity index (χ0n) is 8.34. The first-order valence-corrected chi connectivity index (χ1v) is 4.53. The number of nitro groups is 1. The minimum atomic E-state index is -0.911. The van der Waals surface area contributed by atoms with Crippen LogP contribution in [0.2, 0.25) is 0 Å². The van der Waals surface area contributed by atoms with E-state index >= 15 is 0 Å². The van der Waals surface area contributed by atoms with Crippen molar-refractivity contribution in [2.45, 2.75) is 6.61 Å². The number of hydrogen-bond acceptors (Lipinski definition) is 5. The largest absolute Gasteiger partial charge is 0.456 e. The fourth-order valence-corrected chi connectivity index (χ4v) is 1.47. The molecule has 1 N–H and O–H groups in total. The minimum absolute atomic E-state index is 0.0857. The van der Waals surface area contributed by atoms with Gasteiger partial charge in [-0.15, -0.1) is 0 Å². The van der Waals surface area contributed by atoms with Crippen LogP contribution < -0.4 is 5.43 Å². The Morgan fingerprint density at radius 2 is 2.18 bits per heavy atom. The predicted octanol–water partition coefficient (Wildman–Crippen LogP) is 1.33. The molecule has 0 aliphatic carbocycles. The number of hydrogen-bond donors (Lipinski definition) is 1. The molecular weight excluding hydrogens is 233 g/mol. The van der Waals surface area contributed by atoms with E-state index < -0.39 is 28.5 Å². The van der Waals surface area contributed by atoms with Crippen molar-refractivity contribution in [3.05, 3.63) is 50.1 Å². The van der Waals surface area contributed by atoms with E-state index in [1.54, 1.807) is 0 Å². The molecule has 0 spiro atoms. The highest BCUT2D eigenvalue weighted by atomic mass is 19.1. The SMILES string of the molecule is O=c1c(CO)coc2c([N+](=O)[O-])cc(F)cc12. The molecule has 7 heteroatoms. The number of aliphatic hydroxyl groups is 1. The van der Waals surface area contributed by atoms with Crippen LogP contribution in [0.15, 0.2) is 27.6 Å². The number of halogens is 1. The second kappa shape index (κ2) is 3.95. The molecule has 0 aliphatic heterocycles. The molecule has 0 saturated heterocycles. The maximum absolute atomic E-state index is 13.1. The monoisotopic (exact) mass is 239 g/mol. The molecule has 88 valence electrons. The normalized spacial score (nSPS) is 10.7. The van der Waals surface area contributed by atoms with Crippen LogP contribution in [-0.2, 0) is 6.61 Å². The van der Waals surface area contributed by atoms with Crippen LogP contribution in [0.1, 0.15) is 5.56 Å². The third kappa shape index (κ3) is 1.76. The summed E-state index contributed by atoms with van der Waals surface area (Å²) in [5.41, 5.74) is -1.70. The van der Waals surface area contributed by atoms with Crippen LogP contribution >= 0.6 is 0 Å². The Bertz CT molecular complexity index is 664. The molecule has 1 aromatic carbocycles. The van der Waals surface area contributed by atoms with Gasteiger partial charge in [-0.1, -0.05) is 0 Å². The number of nitrogens with zero attached hydrogens (tertiary/aromatic N) is 1. The van der Waals surface area contributed by atoms with Crippen LogP contribution in [0.3, 0.4) is 0 Å². The molecule has 0 saturated carbocycles. The molecule has 0 aliphatic rings. The topological polar surface area (TPSA) is 93.6 Å². The van der Waals surface area contributed by atoms with Gasteiger partial charge >= 0.3 is 5.69 Å². The molecule has 0 amide bonds. The molecule has 1 aromatic heterocycles. The summed E-state index contributed by atoms with van der Waals surface area (Å²) in [6.07, 6.45) is 0.926. The Hall–Kier alpha value is -2.28. The fraction of sp³-hybridized carbons (Fsp3) is 0.100. The standard InChI is InChI=1S/C10H6FNO5/c11-6-1-7-9(14)5(3-13)4-17-10(7)8(2-6)12(15)16/h1-2,4,13H,3H2. The highest BCUT2D eigenvalue weighted by molar-refractivity contribution is 5.85. The molecule has 0 fully saturated rings. The molecular formula is C10H6FNO5. The minimum Gasteiger partial charge on any atom is -0.456 e.